The van der Waals surface area contributed by atoms with Gasteiger partial charge >= 0.3 is 0 Å². The molecule has 1 heterocycles. The van der Waals surface area contributed by atoms with Gasteiger partial charge in [0.2, 0.25) is 10.0 Å². The Labute approximate surface area is 175 Å². The zero-order chi connectivity index (χ0) is 21.2. The summed E-state index contributed by atoms with van der Waals surface area (Å²) in [4.78, 5) is 12.4. The molecule has 3 rings (SSSR count). The van der Waals surface area contributed by atoms with Gasteiger partial charge in [-0.05, 0) is 45.2 Å². The van der Waals surface area contributed by atoms with Gasteiger partial charge < -0.3 is 14.8 Å². The Kier molecular flexibility index (Phi) is 6.07. The van der Waals surface area contributed by atoms with Crippen LogP contribution in [0, 0.1) is 0 Å². The Balaban J connectivity index is 1.61. The predicted molar refractivity (Wildman–Crippen MR) is 110 cm³/mol. The lowest BCUT2D eigenvalue weighted by Gasteiger charge is -2.18. The molecule has 2 aromatic carbocycles. The zero-order valence-electron chi connectivity index (χ0n) is 16.4. The van der Waals surface area contributed by atoms with Crippen LogP contribution in [0.15, 0.2) is 41.3 Å². The van der Waals surface area contributed by atoms with Crippen LogP contribution in [0.25, 0.3) is 0 Å². The molecule has 0 atom stereocenters. The molecule has 2 aromatic rings. The Morgan fingerprint density at radius 1 is 1.28 bits per heavy atom. The van der Waals surface area contributed by atoms with Crippen molar-refractivity contribution in [2.45, 2.75) is 30.8 Å². The maximum absolute atomic E-state index is 12.4. The van der Waals surface area contributed by atoms with Crippen molar-refractivity contribution in [3.05, 3.63) is 52.5 Å². The molecule has 0 radical (unpaired) electrons. The fraction of sp³-hybridized carbons (Fsp3) is 0.350. The smallest absolute Gasteiger partial charge is 0.252 e. The lowest BCUT2D eigenvalue weighted by Crippen LogP contribution is -2.29. The first-order valence-corrected chi connectivity index (χ1v) is 10.9. The number of halogens is 1. The van der Waals surface area contributed by atoms with E-state index in [0.717, 1.165) is 17.7 Å². The number of ether oxygens (including phenoxy) is 2. The van der Waals surface area contributed by atoms with Gasteiger partial charge in [0.15, 0.2) is 11.5 Å². The molecule has 2 N–H and O–H groups in total. The molecule has 0 fully saturated rings. The fourth-order valence-corrected chi connectivity index (χ4v) is 4.04. The van der Waals surface area contributed by atoms with Crippen molar-refractivity contribution in [3.8, 4) is 11.5 Å². The van der Waals surface area contributed by atoms with Gasteiger partial charge in [0.1, 0.15) is 12.2 Å². The van der Waals surface area contributed by atoms with Gasteiger partial charge in [0.25, 0.3) is 5.91 Å². The fourth-order valence-electron chi connectivity index (χ4n) is 3.09. The number of amides is 1. The van der Waals surface area contributed by atoms with Crippen LogP contribution in [0.1, 0.15) is 29.8 Å². The molecule has 0 aromatic heterocycles. The van der Waals surface area contributed by atoms with Crippen molar-refractivity contribution in [3.63, 3.8) is 0 Å². The third-order valence-electron chi connectivity index (χ3n) is 4.46. The minimum Gasteiger partial charge on any atom is -0.488 e. The Bertz CT molecular complexity index is 1040. The second-order valence-electron chi connectivity index (χ2n) is 7.24. The largest absolute Gasteiger partial charge is 0.488 e. The number of carbonyl (C=O) groups is 1. The highest BCUT2D eigenvalue weighted by molar-refractivity contribution is 7.89. The number of hydrogen-bond donors (Lipinski definition) is 2. The normalized spacial score (nSPS) is 14.8. The minimum atomic E-state index is -3.67. The van der Waals surface area contributed by atoms with E-state index >= 15 is 0 Å². The van der Waals surface area contributed by atoms with Gasteiger partial charge in [-0.2, -0.15) is 0 Å². The quantitative estimate of drug-likeness (QED) is 0.648. The average Bonchev–Trinajstić information content (AvgIpc) is 2.99. The standard InChI is InChI=1S/C20H23ClN2O5S/c1-20(2)12-13-5-4-6-17(18(13)28-20)27-10-9-23-19(24)15-11-14(7-8-16(15)21)29(25,26)22-3/h4-8,11,22H,9-10,12H2,1-3H3,(H,23,24). The molecule has 0 spiro atoms. The average molecular weight is 439 g/mol. The molecule has 7 nitrogen and oxygen atoms in total. The first kappa shape index (κ1) is 21.4. The lowest BCUT2D eigenvalue weighted by molar-refractivity contribution is 0.0946. The number of para-hydroxylation sites is 1. The van der Waals surface area contributed by atoms with E-state index in [9.17, 15) is 13.2 Å². The molecular formula is C20H23ClN2O5S. The lowest BCUT2D eigenvalue weighted by atomic mass is 10.0. The van der Waals surface area contributed by atoms with Crippen LogP contribution >= 0.6 is 11.6 Å². The number of benzene rings is 2. The predicted octanol–water partition coefficient (Wildman–Crippen LogP) is 2.77. The van der Waals surface area contributed by atoms with Crippen molar-refractivity contribution in [1.82, 2.24) is 10.0 Å². The van der Waals surface area contributed by atoms with Gasteiger partial charge in [-0.25, -0.2) is 13.1 Å². The van der Waals surface area contributed by atoms with E-state index in [2.05, 4.69) is 10.0 Å². The van der Waals surface area contributed by atoms with E-state index in [0.29, 0.717) is 5.75 Å². The summed E-state index contributed by atoms with van der Waals surface area (Å²) in [6.07, 6.45) is 0.806. The molecule has 1 amide bonds. The third-order valence-corrected chi connectivity index (χ3v) is 6.20. The summed E-state index contributed by atoms with van der Waals surface area (Å²) in [7, 11) is -2.38. The monoisotopic (exact) mass is 438 g/mol. The molecule has 0 bridgehead atoms. The van der Waals surface area contributed by atoms with Crippen molar-refractivity contribution in [1.29, 1.82) is 0 Å². The van der Waals surface area contributed by atoms with Gasteiger partial charge in [-0.15, -0.1) is 0 Å². The van der Waals surface area contributed by atoms with E-state index in [1.54, 1.807) is 0 Å². The zero-order valence-corrected chi connectivity index (χ0v) is 18.0. The highest BCUT2D eigenvalue weighted by Crippen LogP contribution is 2.41. The van der Waals surface area contributed by atoms with Crippen LogP contribution < -0.4 is 19.5 Å². The molecule has 0 saturated heterocycles. The highest BCUT2D eigenvalue weighted by Gasteiger charge is 2.32. The van der Waals surface area contributed by atoms with E-state index in [-0.39, 0.29) is 34.2 Å². The van der Waals surface area contributed by atoms with Crippen molar-refractivity contribution < 1.29 is 22.7 Å². The van der Waals surface area contributed by atoms with Crippen LogP contribution in [-0.4, -0.2) is 40.1 Å². The molecule has 0 saturated carbocycles. The maximum Gasteiger partial charge on any atom is 0.252 e. The van der Waals surface area contributed by atoms with Crippen molar-refractivity contribution in [2.24, 2.45) is 0 Å². The summed E-state index contributed by atoms with van der Waals surface area (Å²) in [5.74, 6) is 0.877. The second kappa shape index (κ2) is 8.22. The SMILES string of the molecule is CNS(=O)(=O)c1ccc(Cl)c(C(=O)NCCOc2cccc3c2OC(C)(C)C3)c1. The van der Waals surface area contributed by atoms with Crippen LogP contribution in [0.4, 0.5) is 0 Å². The van der Waals surface area contributed by atoms with Crippen LogP contribution in [-0.2, 0) is 16.4 Å². The Hall–Kier alpha value is -2.29. The molecule has 9 heteroatoms. The maximum atomic E-state index is 12.4. The molecule has 156 valence electrons. The summed E-state index contributed by atoms with van der Waals surface area (Å²) in [6.45, 7) is 4.47. The number of rotatable bonds is 7. The Morgan fingerprint density at radius 2 is 2.03 bits per heavy atom. The van der Waals surface area contributed by atoms with E-state index in [1.165, 1.54) is 25.2 Å². The van der Waals surface area contributed by atoms with Crippen LogP contribution in [0.5, 0.6) is 11.5 Å². The van der Waals surface area contributed by atoms with E-state index < -0.39 is 15.9 Å². The van der Waals surface area contributed by atoms with Gasteiger partial charge in [-0.3, -0.25) is 4.79 Å². The minimum absolute atomic E-state index is 0.0367. The van der Waals surface area contributed by atoms with Crippen molar-refractivity contribution in [2.75, 3.05) is 20.2 Å². The molecule has 1 aliphatic rings. The van der Waals surface area contributed by atoms with Crippen LogP contribution in [0.3, 0.4) is 0 Å². The first-order chi connectivity index (χ1) is 13.6. The Morgan fingerprint density at radius 3 is 2.76 bits per heavy atom. The van der Waals surface area contributed by atoms with Crippen LogP contribution in [0.2, 0.25) is 5.02 Å². The number of fused-ring (bicyclic) bond motifs is 1. The molecule has 0 unspecified atom stereocenters. The van der Waals surface area contributed by atoms with Gasteiger partial charge in [0.05, 0.1) is 22.0 Å². The van der Waals surface area contributed by atoms with E-state index in [4.69, 9.17) is 21.1 Å². The number of carbonyl (C=O) groups excluding carboxylic acids is 1. The van der Waals surface area contributed by atoms with Crippen molar-refractivity contribution >= 4 is 27.5 Å². The van der Waals surface area contributed by atoms with E-state index in [1.807, 2.05) is 32.0 Å². The summed E-state index contributed by atoms with van der Waals surface area (Å²) in [6, 6.07) is 9.70. The molecule has 1 aliphatic heterocycles. The second-order valence-corrected chi connectivity index (χ2v) is 9.53. The summed E-state index contributed by atoms with van der Waals surface area (Å²) < 4.78 is 37.8. The first-order valence-electron chi connectivity index (χ1n) is 9.08. The number of sulfonamides is 1. The molecule has 0 aliphatic carbocycles. The third kappa shape index (κ3) is 4.83. The topological polar surface area (TPSA) is 93.7 Å². The highest BCUT2D eigenvalue weighted by atomic mass is 35.5. The molecular weight excluding hydrogens is 416 g/mol. The summed E-state index contributed by atoms with van der Waals surface area (Å²) in [5.41, 5.74) is 0.894. The number of hydrogen-bond acceptors (Lipinski definition) is 5. The summed E-state index contributed by atoms with van der Waals surface area (Å²) >= 11 is 6.06. The summed E-state index contributed by atoms with van der Waals surface area (Å²) in [5, 5.41) is 2.85. The van der Waals surface area contributed by atoms with Gasteiger partial charge in [0, 0.05) is 12.0 Å². The van der Waals surface area contributed by atoms with Gasteiger partial charge in [-0.1, -0.05) is 23.7 Å². The molecule has 29 heavy (non-hydrogen) atoms. The number of nitrogens with one attached hydrogen (secondary N) is 2.